The third kappa shape index (κ3) is 5.48. The molecule has 2 aliphatic rings. The molecular weight excluding hydrogens is 314 g/mol. The number of aromatic nitrogens is 3. The van der Waals surface area contributed by atoms with Gasteiger partial charge in [0.15, 0.2) is 5.82 Å². The highest BCUT2D eigenvalue weighted by Crippen LogP contribution is 2.17. The molecular formula is C18H25N7. The first-order chi connectivity index (χ1) is 12.3. The topological polar surface area (TPSA) is 87.5 Å². The van der Waals surface area contributed by atoms with E-state index in [1.54, 1.807) is 0 Å². The van der Waals surface area contributed by atoms with Crippen molar-refractivity contribution in [2.24, 2.45) is 22.0 Å². The van der Waals surface area contributed by atoms with Gasteiger partial charge in [-0.3, -0.25) is 5.43 Å². The lowest BCUT2D eigenvalue weighted by Crippen LogP contribution is -2.09. The smallest absolute Gasteiger partial charge is 0.260 e. The normalized spacial score (nSPS) is 23.4. The minimum atomic E-state index is 0.367. The summed E-state index contributed by atoms with van der Waals surface area (Å²) in [4.78, 5) is 4.39. The van der Waals surface area contributed by atoms with Crippen molar-refractivity contribution >= 4 is 24.2 Å². The number of anilines is 2. The zero-order valence-corrected chi connectivity index (χ0v) is 14.6. The molecule has 1 aromatic heterocycles. The van der Waals surface area contributed by atoms with Gasteiger partial charge in [-0.2, -0.15) is 15.2 Å². The fourth-order valence-electron chi connectivity index (χ4n) is 2.84. The summed E-state index contributed by atoms with van der Waals surface area (Å²) in [7, 11) is 0. The van der Waals surface area contributed by atoms with Gasteiger partial charge in [-0.05, 0) is 57.3 Å². The van der Waals surface area contributed by atoms with Gasteiger partial charge in [0.25, 0.3) is 5.95 Å². The van der Waals surface area contributed by atoms with E-state index in [1.807, 2.05) is 19.4 Å². The van der Waals surface area contributed by atoms with E-state index in [9.17, 15) is 0 Å². The molecule has 1 heterocycles. The molecule has 0 aromatic carbocycles. The first-order valence-electron chi connectivity index (χ1n) is 8.91. The third-order valence-corrected chi connectivity index (χ3v) is 4.38. The molecule has 0 fully saturated rings. The van der Waals surface area contributed by atoms with Crippen molar-refractivity contribution in [3.05, 3.63) is 30.0 Å². The summed E-state index contributed by atoms with van der Waals surface area (Å²) in [5.41, 5.74) is 6.53. The molecule has 2 N–H and O–H groups in total. The quantitative estimate of drug-likeness (QED) is 0.469. The van der Waals surface area contributed by atoms with Gasteiger partial charge in [0.05, 0.1) is 0 Å². The van der Waals surface area contributed by atoms with Gasteiger partial charge in [-0.1, -0.05) is 24.3 Å². The van der Waals surface area contributed by atoms with E-state index in [0.717, 1.165) is 38.5 Å². The molecule has 2 aliphatic carbocycles. The summed E-state index contributed by atoms with van der Waals surface area (Å²) < 4.78 is 0. The number of allylic oxidation sites excluding steroid dienone is 4. The van der Waals surface area contributed by atoms with Crippen LogP contribution in [0.3, 0.4) is 0 Å². The Morgan fingerprint density at radius 1 is 0.920 bits per heavy atom. The van der Waals surface area contributed by atoms with Gasteiger partial charge in [-0.25, -0.2) is 5.43 Å². The van der Waals surface area contributed by atoms with Crippen LogP contribution >= 0.6 is 0 Å². The number of nitrogens with one attached hydrogen (secondary N) is 2. The lowest BCUT2D eigenvalue weighted by atomic mass is 9.96. The van der Waals surface area contributed by atoms with Crippen molar-refractivity contribution in [2.75, 3.05) is 10.9 Å². The minimum absolute atomic E-state index is 0.367. The number of aryl methyl sites for hydroxylation is 1. The summed E-state index contributed by atoms with van der Waals surface area (Å²) in [6, 6.07) is 0. The fraction of sp³-hybridized carbons (Fsp3) is 0.500. The molecule has 0 spiro atoms. The summed E-state index contributed by atoms with van der Waals surface area (Å²) in [5.74, 6) is 1.92. The number of rotatable bonds is 6. The first kappa shape index (κ1) is 17.3. The highest BCUT2D eigenvalue weighted by molar-refractivity contribution is 5.63. The average Bonchev–Trinajstić information content (AvgIpc) is 2.66. The van der Waals surface area contributed by atoms with E-state index >= 15 is 0 Å². The van der Waals surface area contributed by atoms with Crippen LogP contribution in [0.5, 0.6) is 0 Å². The molecule has 0 radical (unpaired) electrons. The Labute approximate surface area is 148 Å². The second-order valence-electron chi connectivity index (χ2n) is 6.44. The van der Waals surface area contributed by atoms with E-state index < -0.39 is 0 Å². The molecule has 2 atom stereocenters. The average molecular weight is 339 g/mol. The fourth-order valence-corrected chi connectivity index (χ4v) is 2.84. The Morgan fingerprint density at radius 2 is 1.56 bits per heavy atom. The Balaban J connectivity index is 1.54. The number of hydrogen-bond donors (Lipinski definition) is 2. The number of nitrogens with zero attached hydrogens (tertiary/aromatic N) is 5. The molecule has 7 nitrogen and oxygen atoms in total. The summed E-state index contributed by atoms with van der Waals surface area (Å²) in [6.07, 6.45) is 19.3. The molecule has 0 saturated carbocycles. The van der Waals surface area contributed by atoms with Crippen LogP contribution < -0.4 is 10.9 Å². The van der Waals surface area contributed by atoms with Crippen LogP contribution in [0.1, 0.15) is 44.2 Å². The molecule has 0 aliphatic heterocycles. The van der Waals surface area contributed by atoms with Crippen molar-refractivity contribution in [1.82, 2.24) is 15.2 Å². The molecule has 1 aromatic rings. The monoisotopic (exact) mass is 339 g/mol. The third-order valence-electron chi connectivity index (χ3n) is 4.38. The van der Waals surface area contributed by atoms with Gasteiger partial charge in [0, 0.05) is 12.4 Å². The van der Waals surface area contributed by atoms with Crippen molar-refractivity contribution in [1.29, 1.82) is 0 Å². The molecule has 0 amide bonds. The van der Waals surface area contributed by atoms with Crippen LogP contribution in [-0.2, 0) is 0 Å². The van der Waals surface area contributed by atoms with Gasteiger partial charge in [0.1, 0.15) is 5.69 Å². The van der Waals surface area contributed by atoms with Crippen LogP contribution in [0, 0.1) is 18.8 Å². The molecule has 7 heteroatoms. The van der Waals surface area contributed by atoms with Crippen molar-refractivity contribution in [3.63, 3.8) is 0 Å². The molecule has 3 rings (SSSR count). The second kappa shape index (κ2) is 9.05. The van der Waals surface area contributed by atoms with Gasteiger partial charge in [0.2, 0.25) is 0 Å². The van der Waals surface area contributed by atoms with Crippen molar-refractivity contribution in [2.45, 2.75) is 45.4 Å². The second-order valence-corrected chi connectivity index (χ2v) is 6.44. The predicted molar refractivity (Wildman–Crippen MR) is 102 cm³/mol. The minimum Gasteiger partial charge on any atom is -0.260 e. The van der Waals surface area contributed by atoms with E-state index in [0.29, 0.717) is 29.3 Å². The van der Waals surface area contributed by atoms with Crippen LogP contribution in [0.2, 0.25) is 0 Å². The molecule has 25 heavy (non-hydrogen) atoms. The molecule has 0 bridgehead atoms. The lowest BCUT2D eigenvalue weighted by Gasteiger charge is -2.12. The molecule has 132 valence electrons. The first-order valence-corrected chi connectivity index (χ1v) is 8.91. The Kier molecular flexibility index (Phi) is 6.25. The highest BCUT2D eigenvalue weighted by Gasteiger charge is 2.08. The lowest BCUT2D eigenvalue weighted by molar-refractivity contribution is 0.626. The van der Waals surface area contributed by atoms with Crippen LogP contribution in [0.15, 0.2) is 34.5 Å². The van der Waals surface area contributed by atoms with Gasteiger partial charge < -0.3 is 0 Å². The van der Waals surface area contributed by atoms with Gasteiger partial charge >= 0.3 is 0 Å². The van der Waals surface area contributed by atoms with Crippen LogP contribution in [-0.4, -0.2) is 27.6 Å². The summed E-state index contributed by atoms with van der Waals surface area (Å²) in [6.45, 7) is 1.85. The maximum atomic E-state index is 4.39. The number of hydrazone groups is 2. The summed E-state index contributed by atoms with van der Waals surface area (Å²) >= 11 is 0. The predicted octanol–water partition coefficient (Wildman–Crippen LogP) is 3.69. The number of hydrogen-bond acceptors (Lipinski definition) is 7. The SMILES string of the molecule is Cc1nnc(N/N=C\[C@@H]2CC=CCC2)nc1N/N=C\[C@@H]1CC=CCC1. The maximum Gasteiger partial charge on any atom is 0.265 e. The van der Waals surface area contributed by atoms with Crippen molar-refractivity contribution in [3.8, 4) is 0 Å². The van der Waals surface area contributed by atoms with Crippen LogP contribution in [0.4, 0.5) is 11.8 Å². The Bertz CT molecular complexity index is 678. The zero-order chi connectivity index (χ0) is 17.3. The summed E-state index contributed by atoms with van der Waals surface area (Å²) in [5, 5.41) is 16.7. The standard InChI is InChI=1S/C18H25N7/c1-14-17(23-19-12-15-8-4-2-5-9-15)21-18(25-22-14)24-20-13-16-10-6-3-7-11-16/h2-4,6,12-13,15-16H,5,7-11H2,1H3,(H2,21,23,24,25)/b19-12-,20-13-/t15-,16-/m1/s1. The van der Waals surface area contributed by atoms with Crippen molar-refractivity contribution < 1.29 is 0 Å². The zero-order valence-electron chi connectivity index (χ0n) is 14.6. The Hall–Kier alpha value is -2.57. The van der Waals surface area contributed by atoms with E-state index in [1.165, 1.54) is 0 Å². The maximum absolute atomic E-state index is 4.39. The van der Waals surface area contributed by atoms with E-state index in [2.05, 4.69) is 60.5 Å². The van der Waals surface area contributed by atoms with Crippen LogP contribution in [0.25, 0.3) is 0 Å². The molecule has 0 unspecified atom stereocenters. The Morgan fingerprint density at radius 3 is 2.16 bits per heavy atom. The van der Waals surface area contributed by atoms with E-state index in [4.69, 9.17) is 0 Å². The largest absolute Gasteiger partial charge is 0.265 e. The highest BCUT2D eigenvalue weighted by atomic mass is 15.4. The van der Waals surface area contributed by atoms with Gasteiger partial charge in [-0.15, -0.1) is 10.2 Å². The molecule has 0 saturated heterocycles. The van der Waals surface area contributed by atoms with E-state index in [-0.39, 0.29) is 0 Å².